The summed E-state index contributed by atoms with van der Waals surface area (Å²) in [6, 6.07) is 2.17. The first-order chi connectivity index (χ1) is 7.70. The SMILES string of the molecule is Cc1cc(SC2CCCCC2CN)n(C)n1. The van der Waals surface area contributed by atoms with Crippen LogP contribution in [0.25, 0.3) is 0 Å². The van der Waals surface area contributed by atoms with Crippen molar-refractivity contribution in [3.8, 4) is 0 Å². The lowest BCUT2D eigenvalue weighted by molar-refractivity contribution is 0.377. The number of hydrogen-bond acceptors (Lipinski definition) is 3. The lowest BCUT2D eigenvalue weighted by atomic mass is 9.89. The van der Waals surface area contributed by atoms with Crippen molar-refractivity contribution in [2.75, 3.05) is 6.54 Å². The van der Waals surface area contributed by atoms with E-state index < -0.39 is 0 Å². The topological polar surface area (TPSA) is 43.8 Å². The van der Waals surface area contributed by atoms with Gasteiger partial charge in [-0.05, 0) is 38.3 Å². The van der Waals surface area contributed by atoms with Crippen LogP contribution in [0.1, 0.15) is 31.4 Å². The average molecular weight is 239 g/mol. The normalized spacial score (nSPS) is 25.9. The standard InChI is InChI=1S/C12H21N3S/c1-9-7-12(15(2)14-9)16-11-6-4-3-5-10(11)8-13/h7,10-11H,3-6,8,13H2,1-2H3. The molecule has 90 valence electrons. The van der Waals surface area contributed by atoms with E-state index in [0.29, 0.717) is 11.2 Å². The van der Waals surface area contributed by atoms with E-state index in [0.717, 1.165) is 12.2 Å². The largest absolute Gasteiger partial charge is 0.330 e. The molecule has 3 nitrogen and oxygen atoms in total. The molecule has 1 saturated carbocycles. The van der Waals surface area contributed by atoms with Crippen LogP contribution in [0, 0.1) is 12.8 Å². The van der Waals surface area contributed by atoms with Gasteiger partial charge in [-0.2, -0.15) is 5.10 Å². The van der Waals surface area contributed by atoms with Gasteiger partial charge >= 0.3 is 0 Å². The van der Waals surface area contributed by atoms with Crippen LogP contribution < -0.4 is 5.73 Å². The summed E-state index contributed by atoms with van der Waals surface area (Å²) in [6.45, 7) is 2.87. The minimum absolute atomic E-state index is 0.688. The van der Waals surface area contributed by atoms with Crippen LogP contribution >= 0.6 is 11.8 Å². The van der Waals surface area contributed by atoms with Gasteiger partial charge in [0.05, 0.1) is 10.7 Å². The molecule has 4 heteroatoms. The summed E-state index contributed by atoms with van der Waals surface area (Å²) in [7, 11) is 2.02. The van der Waals surface area contributed by atoms with Crippen LogP contribution in [0.2, 0.25) is 0 Å². The molecular weight excluding hydrogens is 218 g/mol. The van der Waals surface area contributed by atoms with Crippen LogP contribution in [-0.2, 0) is 7.05 Å². The fourth-order valence-corrected chi connectivity index (χ4v) is 3.92. The van der Waals surface area contributed by atoms with Crippen molar-refractivity contribution in [3.63, 3.8) is 0 Å². The van der Waals surface area contributed by atoms with Gasteiger partial charge in [0.1, 0.15) is 0 Å². The van der Waals surface area contributed by atoms with Gasteiger partial charge in [-0.3, -0.25) is 4.68 Å². The van der Waals surface area contributed by atoms with E-state index in [-0.39, 0.29) is 0 Å². The molecule has 2 N–H and O–H groups in total. The van der Waals surface area contributed by atoms with E-state index in [2.05, 4.69) is 11.2 Å². The zero-order chi connectivity index (χ0) is 11.5. The molecule has 0 amide bonds. The smallest absolute Gasteiger partial charge is 0.0942 e. The predicted molar refractivity (Wildman–Crippen MR) is 68.6 cm³/mol. The Morgan fingerprint density at radius 3 is 2.88 bits per heavy atom. The third-order valence-electron chi connectivity index (χ3n) is 3.37. The maximum absolute atomic E-state index is 5.85. The summed E-state index contributed by atoms with van der Waals surface area (Å²) in [5.41, 5.74) is 6.96. The van der Waals surface area contributed by atoms with Crippen LogP contribution in [0.4, 0.5) is 0 Å². The Balaban J connectivity index is 2.04. The van der Waals surface area contributed by atoms with E-state index in [9.17, 15) is 0 Å². The van der Waals surface area contributed by atoms with E-state index in [4.69, 9.17) is 5.73 Å². The van der Waals surface area contributed by atoms with Crippen LogP contribution in [0.15, 0.2) is 11.1 Å². The maximum atomic E-state index is 5.85. The first kappa shape index (κ1) is 12.0. The zero-order valence-electron chi connectivity index (χ0n) is 10.1. The lowest BCUT2D eigenvalue weighted by Gasteiger charge is -2.29. The van der Waals surface area contributed by atoms with Crippen molar-refractivity contribution in [1.29, 1.82) is 0 Å². The van der Waals surface area contributed by atoms with Gasteiger partial charge in [0.2, 0.25) is 0 Å². The van der Waals surface area contributed by atoms with Crippen LogP contribution in [0.5, 0.6) is 0 Å². The Morgan fingerprint density at radius 1 is 1.50 bits per heavy atom. The molecule has 1 heterocycles. The van der Waals surface area contributed by atoms with Crippen molar-refractivity contribution in [1.82, 2.24) is 9.78 Å². The molecule has 2 rings (SSSR count). The summed E-state index contributed by atoms with van der Waals surface area (Å²) in [5, 5.41) is 6.36. The van der Waals surface area contributed by atoms with Gasteiger partial charge in [0, 0.05) is 12.3 Å². The van der Waals surface area contributed by atoms with Crippen molar-refractivity contribution in [2.45, 2.75) is 42.9 Å². The summed E-state index contributed by atoms with van der Waals surface area (Å²) in [6.07, 6.45) is 5.30. The van der Waals surface area contributed by atoms with E-state index in [1.165, 1.54) is 30.7 Å². The molecule has 1 aliphatic carbocycles. The number of hydrogen-bond donors (Lipinski definition) is 1. The molecule has 1 aromatic heterocycles. The van der Waals surface area contributed by atoms with Gasteiger partial charge < -0.3 is 5.73 Å². The number of nitrogens with two attached hydrogens (primary N) is 1. The number of nitrogens with zero attached hydrogens (tertiary/aromatic N) is 2. The fraction of sp³-hybridized carbons (Fsp3) is 0.750. The highest BCUT2D eigenvalue weighted by Crippen LogP contribution is 2.36. The second kappa shape index (κ2) is 5.23. The monoisotopic (exact) mass is 239 g/mol. The van der Waals surface area contributed by atoms with Crippen molar-refractivity contribution >= 4 is 11.8 Å². The molecule has 16 heavy (non-hydrogen) atoms. The van der Waals surface area contributed by atoms with Crippen LogP contribution in [-0.4, -0.2) is 21.6 Å². The molecule has 0 radical (unpaired) electrons. The quantitative estimate of drug-likeness (QED) is 0.880. The first-order valence-corrected chi connectivity index (χ1v) is 6.96. The molecule has 1 fully saturated rings. The molecule has 0 spiro atoms. The summed E-state index contributed by atoms with van der Waals surface area (Å²) in [4.78, 5) is 0. The molecule has 2 atom stereocenters. The third-order valence-corrected chi connectivity index (χ3v) is 4.92. The minimum Gasteiger partial charge on any atom is -0.330 e. The Hall–Kier alpha value is -0.480. The molecule has 0 aromatic carbocycles. The third kappa shape index (κ3) is 2.61. The summed E-state index contributed by atoms with van der Waals surface area (Å²) >= 11 is 1.97. The maximum Gasteiger partial charge on any atom is 0.0942 e. The molecule has 0 saturated heterocycles. The first-order valence-electron chi connectivity index (χ1n) is 6.08. The molecular formula is C12H21N3S. The summed E-state index contributed by atoms with van der Waals surface area (Å²) in [5.74, 6) is 0.689. The molecule has 1 aromatic rings. The van der Waals surface area contributed by atoms with Crippen molar-refractivity contribution in [2.24, 2.45) is 18.7 Å². The molecule has 0 bridgehead atoms. The lowest BCUT2D eigenvalue weighted by Crippen LogP contribution is -2.28. The van der Waals surface area contributed by atoms with Crippen LogP contribution in [0.3, 0.4) is 0 Å². The number of aromatic nitrogens is 2. The Labute approximate surface area is 102 Å². The molecule has 0 aliphatic heterocycles. The summed E-state index contributed by atoms with van der Waals surface area (Å²) < 4.78 is 1.99. The number of aryl methyl sites for hydroxylation is 2. The van der Waals surface area contributed by atoms with Crippen molar-refractivity contribution in [3.05, 3.63) is 11.8 Å². The molecule has 2 unspecified atom stereocenters. The Kier molecular flexibility index (Phi) is 3.92. The Bertz CT molecular complexity index is 348. The number of rotatable bonds is 3. The van der Waals surface area contributed by atoms with Crippen molar-refractivity contribution < 1.29 is 0 Å². The zero-order valence-corrected chi connectivity index (χ0v) is 11.0. The van der Waals surface area contributed by atoms with E-state index in [1.54, 1.807) is 0 Å². The van der Waals surface area contributed by atoms with Gasteiger partial charge in [0.25, 0.3) is 0 Å². The Morgan fingerprint density at radius 2 is 2.25 bits per heavy atom. The number of thioether (sulfide) groups is 1. The highest BCUT2D eigenvalue weighted by atomic mass is 32.2. The fourth-order valence-electron chi connectivity index (χ4n) is 2.45. The highest BCUT2D eigenvalue weighted by molar-refractivity contribution is 7.99. The van der Waals surface area contributed by atoms with Gasteiger partial charge in [0.15, 0.2) is 0 Å². The van der Waals surface area contributed by atoms with Gasteiger partial charge in [-0.15, -0.1) is 11.8 Å². The van der Waals surface area contributed by atoms with E-state index in [1.807, 2.05) is 30.4 Å². The van der Waals surface area contributed by atoms with E-state index >= 15 is 0 Å². The second-order valence-electron chi connectivity index (χ2n) is 4.68. The predicted octanol–water partition coefficient (Wildman–Crippen LogP) is 2.34. The minimum atomic E-state index is 0.688. The van der Waals surface area contributed by atoms with Gasteiger partial charge in [-0.1, -0.05) is 12.8 Å². The second-order valence-corrected chi connectivity index (χ2v) is 5.94. The highest BCUT2D eigenvalue weighted by Gasteiger charge is 2.25. The van der Waals surface area contributed by atoms with Gasteiger partial charge in [-0.25, -0.2) is 0 Å². The average Bonchev–Trinajstić information content (AvgIpc) is 2.58. The molecule has 1 aliphatic rings.